The van der Waals surface area contributed by atoms with Gasteiger partial charge in [-0.25, -0.2) is 9.36 Å². The van der Waals surface area contributed by atoms with Gasteiger partial charge in [-0.15, -0.1) is 0 Å². The maximum atomic E-state index is 11.3. The van der Waals surface area contributed by atoms with E-state index in [0.29, 0.717) is 10.2 Å². The van der Waals surface area contributed by atoms with Crippen molar-refractivity contribution in [2.75, 3.05) is 0 Å². The summed E-state index contributed by atoms with van der Waals surface area (Å²) in [5.74, 6) is 0. The van der Waals surface area contributed by atoms with Gasteiger partial charge in [-0.05, 0) is 18.2 Å². The average Bonchev–Trinajstić information content (AvgIpc) is 2.39. The van der Waals surface area contributed by atoms with Gasteiger partial charge in [0.1, 0.15) is 0 Å². The standard InChI is InChI=1S/C8H4BrNO3S/c9-4-1-2-5-6(3-4)14-8(13)10(5)7(11)12/h1-3H,(H,11,12). The molecule has 0 aliphatic carbocycles. The Hall–Kier alpha value is -1.14. The van der Waals surface area contributed by atoms with Crippen LogP contribution in [0.2, 0.25) is 0 Å². The Bertz CT molecular complexity index is 571. The predicted octanol–water partition coefficient (Wildman–Crippen LogP) is 2.35. The molecule has 72 valence electrons. The number of nitrogens with zero attached hydrogens (tertiary/aromatic N) is 1. The largest absolute Gasteiger partial charge is 0.464 e. The second-order valence-corrected chi connectivity index (χ2v) is 4.51. The Labute approximate surface area is 90.5 Å². The zero-order chi connectivity index (χ0) is 10.3. The Balaban J connectivity index is 2.91. The van der Waals surface area contributed by atoms with E-state index in [1.54, 1.807) is 18.2 Å². The molecule has 0 amide bonds. The second-order valence-electron chi connectivity index (χ2n) is 2.60. The van der Waals surface area contributed by atoms with Gasteiger partial charge in [-0.2, -0.15) is 0 Å². The fraction of sp³-hybridized carbons (Fsp3) is 0. The minimum absolute atomic E-state index is 0.427. The Morgan fingerprint density at radius 1 is 1.50 bits per heavy atom. The van der Waals surface area contributed by atoms with E-state index >= 15 is 0 Å². The van der Waals surface area contributed by atoms with Gasteiger partial charge in [0.05, 0.1) is 10.2 Å². The number of carbonyl (C=O) groups is 1. The normalized spacial score (nSPS) is 10.6. The van der Waals surface area contributed by atoms with Gasteiger partial charge in [0.25, 0.3) is 0 Å². The molecule has 1 aromatic heterocycles. The second kappa shape index (κ2) is 3.21. The first-order valence-electron chi connectivity index (χ1n) is 3.64. The number of thiazole rings is 1. The van der Waals surface area contributed by atoms with Crippen LogP contribution < -0.4 is 4.87 Å². The molecule has 0 saturated carbocycles. The minimum atomic E-state index is -1.25. The van der Waals surface area contributed by atoms with Crippen molar-refractivity contribution in [1.82, 2.24) is 4.57 Å². The highest BCUT2D eigenvalue weighted by atomic mass is 79.9. The molecule has 2 aromatic rings. The van der Waals surface area contributed by atoms with Crippen LogP contribution in [0.3, 0.4) is 0 Å². The summed E-state index contributed by atoms with van der Waals surface area (Å²) in [6, 6.07) is 5.03. The van der Waals surface area contributed by atoms with Crippen molar-refractivity contribution in [3.8, 4) is 0 Å². The smallest absolute Gasteiger partial charge is 0.419 e. The number of hydrogen-bond acceptors (Lipinski definition) is 3. The first-order chi connectivity index (χ1) is 6.59. The Morgan fingerprint density at radius 3 is 2.86 bits per heavy atom. The van der Waals surface area contributed by atoms with E-state index < -0.39 is 11.0 Å². The van der Waals surface area contributed by atoms with Crippen LogP contribution in [0.1, 0.15) is 0 Å². The van der Waals surface area contributed by atoms with Crippen molar-refractivity contribution in [3.63, 3.8) is 0 Å². The Kier molecular flexibility index (Phi) is 2.16. The van der Waals surface area contributed by atoms with Crippen LogP contribution in [-0.2, 0) is 0 Å². The number of carboxylic acid groups (broad SMARTS) is 1. The van der Waals surface area contributed by atoms with Crippen molar-refractivity contribution in [3.05, 3.63) is 32.3 Å². The maximum Gasteiger partial charge on any atom is 0.419 e. The van der Waals surface area contributed by atoms with Crippen molar-refractivity contribution < 1.29 is 9.90 Å². The molecule has 14 heavy (non-hydrogen) atoms. The molecule has 0 saturated heterocycles. The predicted molar refractivity (Wildman–Crippen MR) is 57.2 cm³/mol. The zero-order valence-electron chi connectivity index (χ0n) is 6.73. The summed E-state index contributed by atoms with van der Waals surface area (Å²) in [5.41, 5.74) is 0.427. The lowest BCUT2D eigenvalue weighted by atomic mass is 10.3. The highest BCUT2D eigenvalue weighted by molar-refractivity contribution is 9.10. The van der Waals surface area contributed by atoms with E-state index in [-0.39, 0.29) is 0 Å². The number of benzene rings is 1. The fourth-order valence-corrected chi connectivity index (χ4v) is 2.59. The molecule has 4 nitrogen and oxygen atoms in total. The first-order valence-corrected chi connectivity index (χ1v) is 5.25. The molecule has 0 fully saturated rings. The summed E-state index contributed by atoms with van der Waals surface area (Å²) < 4.78 is 2.22. The highest BCUT2D eigenvalue weighted by Crippen LogP contribution is 2.21. The quantitative estimate of drug-likeness (QED) is 0.802. The SMILES string of the molecule is O=C(O)n1c(=O)sc2cc(Br)ccc21. The summed E-state index contributed by atoms with van der Waals surface area (Å²) >= 11 is 4.17. The lowest BCUT2D eigenvalue weighted by Crippen LogP contribution is -2.19. The molecule has 6 heteroatoms. The third-order valence-corrected chi connectivity index (χ3v) is 3.13. The van der Waals surface area contributed by atoms with E-state index in [0.717, 1.165) is 20.4 Å². The molecule has 1 aromatic carbocycles. The third-order valence-electron chi connectivity index (χ3n) is 1.73. The lowest BCUT2D eigenvalue weighted by Gasteiger charge is -1.94. The average molecular weight is 274 g/mol. The van der Waals surface area contributed by atoms with Crippen LogP contribution in [0.4, 0.5) is 4.79 Å². The van der Waals surface area contributed by atoms with Crippen molar-refractivity contribution >= 4 is 43.6 Å². The van der Waals surface area contributed by atoms with Gasteiger partial charge < -0.3 is 5.11 Å². The van der Waals surface area contributed by atoms with Gasteiger partial charge in [-0.3, -0.25) is 4.79 Å². The summed E-state index contributed by atoms with van der Waals surface area (Å²) in [6.07, 6.45) is -1.25. The molecule has 0 spiro atoms. The molecule has 0 aliphatic rings. The third kappa shape index (κ3) is 1.36. The van der Waals surface area contributed by atoms with Crippen LogP contribution in [0, 0.1) is 0 Å². The molecule has 0 radical (unpaired) electrons. The first kappa shape index (κ1) is 9.42. The molecule has 1 heterocycles. The van der Waals surface area contributed by atoms with Crippen LogP contribution in [0.5, 0.6) is 0 Å². The number of rotatable bonds is 0. The van der Waals surface area contributed by atoms with Gasteiger partial charge in [0, 0.05) is 4.47 Å². The lowest BCUT2D eigenvalue weighted by molar-refractivity contribution is 0.197. The van der Waals surface area contributed by atoms with E-state index in [1.807, 2.05) is 0 Å². The molecule has 1 N–H and O–H groups in total. The molecule has 0 unspecified atom stereocenters. The summed E-state index contributed by atoms with van der Waals surface area (Å²) in [5, 5.41) is 8.78. The highest BCUT2D eigenvalue weighted by Gasteiger charge is 2.12. The number of aromatic nitrogens is 1. The van der Waals surface area contributed by atoms with E-state index in [1.165, 1.54) is 0 Å². The molecule has 0 atom stereocenters. The summed E-state index contributed by atoms with van der Waals surface area (Å²) in [4.78, 5) is 21.5. The minimum Gasteiger partial charge on any atom is -0.464 e. The molecule has 0 aliphatic heterocycles. The maximum absolute atomic E-state index is 11.3. The van der Waals surface area contributed by atoms with E-state index in [4.69, 9.17) is 5.11 Å². The Morgan fingerprint density at radius 2 is 2.21 bits per heavy atom. The molecule has 0 bridgehead atoms. The fourth-order valence-electron chi connectivity index (χ4n) is 1.17. The number of fused-ring (bicyclic) bond motifs is 1. The summed E-state index contributed by atoms with van der Waals surface area (Å²) in [7, 11) is 0. The van der Waals surface area contributed by atoms with Crippen LogP contribution in [0.25, 0.3) is 10.2 Å². The van der Waals surface area contributed by atoms with E-state index in [2.05, 4.69) is 15.9 Å². The van der Waals surface area contributed by atoms with Crippen LogP contribution in [0.15, 0.2) is 27.5 Å². The van der Waals surface area contributed by atoms with Gasteiger partial charge in [0.2, 0.25) is 0 Å². The van der Waals surface area contributed by atoms with E-state index in [9.17, 15) is 9.59 Å². The topological polar surface area (TPSA) is 59.3 Å². The van der Waals surface area contributed by atoms with Gasteiger partial charge >= 0.3 is 11.0 Å². The van der Waals surface area contributed by atoms with Gasteiger partial charge in [0.15, 0.2) is 0 Å². The zero-order valence-corrected chi connectivity index (χ0v) is 9.13. The van der Waals surface area contributed by atoms with Crippen LogP contribution in [-0.4, -0.2) is 15.8 Å². The molecular weight excluding hydrogens is 270 g/mol. The van der Waals surface area contributed by atoms with Crippen molar-refractivity contribution in [1.29, 1.82) is 0 Å². The van der Waals surface area contributed by atoms with Crippen LogP contribution >= 0.6 is 27.3 Å². The van der Waals surface area contributed by atoms with Crippen molar-refractivity contribution in [2.45, 2.75) is 0 Å². The summed E-state index contributed by atoms with van der Waals surface area (Å²) in [6.45, 7) is 0. The van der Waals surface area contributed by atoms with Crippen molar-refractivity contribution in [2.24, 2.45) is 0 Å². The number of halogens is 1. The monoisotopic (exact) mass is 273 g/mol. The number of hydrogen-bond donors (Lipinski definition) is 1. The molecule has 2 rings (SSSR count). The molecular formula is C8H4BrNO3S. The van der Waals surface area contributed by atoms with Gasteiger partial charge in [-0.1, -0.05) is 27.3 Å².